The number of hydrogen-bond donors (Lipinski definition) is 0. The highest BCUT2D eigenvalue weighted by molar-refractivity contribution is 9.13. The summed E-state index contributed by atoms with van der Waals surface area (Å²) in [7, 11) is 0. The van der Waals surface area contributed by atoms with E-state index in [9.17, 15) is 0 Å². The Labute approximate surface area is 68.7 Å². The van der Waals surface area contributed by atoms with Crippen molar-refractivity contribution >= 4 is 31.9 Å². The van der Waals surface area contributed by atoms with Gasteiger partial charge in [-0.15, -0.1) is 0 Å². The lowest BCUT2D eigenvalue weighted by atomic mass is 10.5. The zero-order chi connectivity index (χ0) is 6.85. The van der Waals surface area contributed by atoms with Crippen LogP contribution < -0.4 is 0 Å². The second-order valence-electron chi connectivity index (χ2n) is 1.34. The van der Waals surface area contributed by atoms with Crippen LogP contribution >= 0.6 is 31.9 Å². The van der Waals surface area contributed by atoms with E-state index in [2.05, 4.69) is 31.9 Å². The van der Waals surface area contributed by atoms with Gasteiger partial charge in [-0.3, -0.25) is 0 Å². The van der Waals surface area contributed by atoms with E-state index in [1.807, 2.05) is 6.07 Å². The van der Waals surface area contributed by atoms with Gasteiger partial charge in [0.2, 0.25) is 5.76 Å². The van der Waals surface area contributed by atoms with Gasteiger partial charge >= 0.3 is 0 Å². The quantitative estimate of drug-likeness (QED) is 0.710. The number of furan rings is 1. The Balaban J connectivity index is 3.16. The summed E-state index contributed by atoms with van der Waals surface area (Å²) in [6, 6.07) is 3.46. The topological polar surface area (TPSA) is 36.9 Å². The summed E-state index contributed by atoms with van der Waals surface area (Å²) in [6.45, 7) is 0. The van der Waals surface area contributed by atoms with Crippen LogP contribution in [0.4, 0.5) is 0 Å². The molecular weight excluding hydrogens is 250 g/mol. The maximum Gasteiger partial charge on any atom is 0.206 e. The van der Waals surface area contributed by atoms with Gasteiger partial charge in [0.15, 0.2) is 4.67 Å². The first-order valence-electron chi connectivity index (χ1n) is 2.09. The van der Waals surface area contributed by atoms with Crippen LogP contribution in [0, 0.1) is 11.3 Å². The van der Waals surface area contributed by atoms with Gasteiger partial charge in [-0.1, -0.05) is 0 Å². The molecule has 0 fully saturated rings. The van der Waals surface area contributed by atoms with Crippen LogP contribution in [0.2, 0.25) is 0 Å². The largest absolute Gasteiger partial charge is 0.438 e. The molecule has 0 saturated heterocycles. The zero-order valence-corrected chi connectivity index (χ0v) is 7.36. The molecule has 46 valence electrons. The molecule has 0 amide bonds. The fourth-order valence-corrected chi connectivity index (χ4v) is 0.979. The molecule has 0 unspecified atom stereocenters. The molecule has 0 saturated carbocycles. The highest BCUT2D eigenvalue weighted by atomic mass is 79.9. The summed E-state index contributed by atoms with van der Waals surface area (Å²) in [6.07, 6.45) is 0. The predicted molar refractivity (Wildman–Crippen MR) is 38.8 cm³/mol. The molecule has 1 aromatic rings. The summed E-state index contributed by atoms with van der Waals surface area (Å²) in [4.78, 5) is 0. The third-order valence-corrected chi connectivity index (χ3v) is 2.47. The predicted octanol–water partition coefficient (Wildman–Crippen LogP) is 2.68. The van der Waals surface area contributed by atoms with Crippen LogP contribution in [-0.2, 0) is 0 Å². The van der Waals surface area contributed by atoms with Crippen LogP contribution in [0.15, 0.2) is 19.6 Å². The number of hydrogen-bond acceptors (Lipinski definition) is 2. The van der Waals surface area contributed by atoms with Gasteiger partial charge in [0.1, 0.15) is 6.07 Å². The fraction of sp³-hybridized carbons (Fsp3) is 0. The van der Waals surface area contributed by atoms with Crippen molar-refractivity contribution in [1.82, 2.24) is 0 Å². The molecule has 0 N–H and O–H groups in total. The van der Waals surface area contributed by atoms with Crippen molar-refractivity contribution in [2.45, 2.75) is 0 Å². The van der Waals surface area contributed by atoms with E-state index in [0.717, 1.165) is 4.47 Å². The molecule has 1 aromatic heterocycles. The Morgan fingerprint density at radius 2 is 2.22 bits per heavy atom. The third kappa shape index (κ3) is 1.35. The second kappa shape index (κ2) is 2.54. The smallest absolute Gasteiger partial charge is 0.206 e. The molecular formula is C5HBr2NO. The lowest BCUT2D eigenvalue weighted by Crippen LogP contribution is -1.56. The Hall–Kier alpha value is -0.270. The van der Waals surface area contributed by atoms with Gasteiger partial charge < -0.3 is 4.42 Å². The first-order valence-corrected chi connectivity index (χ1v) is 3.67. The van der Waals surface area contributed by atoms with E-state index in [1.165, 1.54) is 0 Å². The van der Waals surface area contributed by atoms with Crippen LogP contribution in [0.25, 0.3) is 0 Å². The molecule has 0 aliphatic heterocycles. The Bertz CT molecular complexity index is 241. The third-order valence-electron chi connectivity index (χ3n) is 0.755. The molecule has 0 aliphatic rings. The molecule has 1 rings (SSSR count). The van der Waals surface area contributed by atoms with Crippen molar-refractivity contribution < 1.29 is 4.42 Å². The van der Waals surface area contributed by atoms with Crippen LogP contribution in [0.1, 0.15) is 5.76 Å². The van der Waals surface area contributed by atoms with Gasteiger partial charge in [0.05, 0.1) is 4.47 Å². The molecule has 0 bridgehead atoms. The number of rotatable bonds is 0. The lowest BCUT2D eigenvalue weighted by molar-refractivity contribution is 0.526. The molecule has 0 radical (unpaired) electrons. The van der Waals surface area contributed by atoms with Gasteiger partial charge in [-0.2, -0.15) is 5.26 Å². The first-order chi connectivity index (χ1) is 4.24. The van der Waals surface area contributed by atoms with E-state index in [4.69, 9.17) is 9.68 Å². The standard InChI is InChI=1S/C5HBr2NO/c6-4-1-3(2-8)9-5(4)7/h1H. The summed E-state index contributed by atoms with van der Waals surface area (Å²) in [5.74, 6) is 0.300. The van der Waals surface area contributed by atoms with E-state index < -0.39 is 0 Å². The molecule has 0 aliphatic carbocycles. The van der Waals surface area contributed by atoms with Crippen LogP contribution in [-0.4, -0.2) is 0 Å². The minimum absolute atomic E-state index is 0.300. The molecule has 9 heavy (non-hydrogen) atoms. The highest BCUT2D eigenvalue weighted by Crippen LogP contribution is 2.25. The minimum atomic E-state index is 0.300. The SMILES string of the molecule is N#Cc1cc(Br)c(Br)o1. The van der Waals surface area contributed by atoms with E-state index in [0.29, 0.717) is 10.4 Å². The van der Waals surface area contributed by atoms with Crippen LogP contribution in [0.3, 0.4) is 0 Å². The van der Waals surface area contributed by atoms with Gasteiger partial charge in [0.25, 0.3) is 0 Å². The maximum atomic E-state index is 8.29. The van der Waals surface area contributed by atoms with Crippen LogP contribution in [0.5, 0.6) is 0 Å². The Morgan fingerprint density at radius 3 is 2.44 bits per heavy atom. The molecule has 2 nitrogen and oxygen atoms in total. The summed E-state index contributed by atoms with van der Waals surface area (Å²) < 4.78 is 6.19. The van der Waals surface area contributed by atoms with E-state index in [1.54, 1.807) is 6.07 Å². The number of halogens is 2. The van der Waals surface area contributed by atoms with Gasteiger partial charge in [0, 0.05) is 6.07 Å². The van der Waals surface area contributed by atoms with Crippen molar-refractivity contribution in [3.8, 4) is 6.07 Å². The lowest BCUT2D eigenvalue weighted by Gasteiger charge is -1.75. The van der Waals surface area contributed by atoms with Crippen molar-refractivity contribution in [3.63, 3.8) is 0 Å². The first kappa shape index (κ1) is 6.84. The van der Waals surface area contributed by atoms with Crippen molar-refractivity contribution in [2.75, 3.05) is 0 Å². The van der Waals surface area contributed by atoms with Crippen molar-refractivity contribution in [3.05, 3.63) is 21.0 Å². The molecule has 0 atom stereocenters. The number of nitriles is 1. The van der Waals surface area contributed by atoms with Gasteiger partial charge in [-0.25, -0.2) is 0 Å². The fourth-order valence-electron chi connectivity index (χ4n) is 0.402. The second-order valence-corrected chi connectivity index (χ2v) is 2.92. The van der Waals surface area contributed by atoms with E-state index in [-0.39, 0.29) is 0 Å². The number of nitrogens with zero attached hydrogens (tertiary/aromatic N) is 1. The maximum absolute atomic E-state index is 8.29. The highest BCUT2D eigenvalue weighted by Gasteiger charge is 2.03. The van der Waals surface area contributed by atoms with Gasteiger partial charge in [-0.05, 0) is 31.9 Å². The monoisotopic (exact) mass is 249 g/mol. The van der Waals surface area contributed by atoms with Crippen molar-refractivity contribution in [2.24, 2.45) is 0 Å². The minimum Gasteiger partial charge on any atom is -0.438 e. The zero-order valence-electron chi connectivity index (χ0n) is 4.19. The Morgan fingerprint density at radius 1 is 1.56 bits per heavy atom. The summed E-state index contributed by atoms with van der Waals surface area (Å²) in [5.41, 5.74) is 0. The Kier molecular flexibility index (Phi) is 1.94. The average Bonchev–Trinajstić information content (AvgIpc) is 2.13. The molecule has 4 heteroatoms. The molecule has 0 spiro atoms. The summed E-state index contributed by atoms with van der Waals surface area (Å²) in [5, 5.41) is 8.29. The normalized spacial score (nSPS) is 9.00. The molecule has 0 aromatic carbocycles. The summed E-state index contributed by atoms with van der Waals surface area (Å²) >= 11 is 6.26. The average molecular weight is 251 g/mol. The van der Waals surface area contributed by atoms with Crippen molar-refractivity contribution in [1.29, 1.82) is 5.26 Å². The molecule has 1 heterocycles. The van der Waals surface area contributed by atoms with E-state index >= 15 is 0 Å².